The number of rotatable bonds is 6. The van der Waals surface area contributed by atoms with Gasteiger partial charge in [0.05, 0.1) is 4.92 Å². The van der Waals surface area contributed by atoms with E-state index >= 15 is 0 Å². The van der Waals surface area contributed by atoms with E-state index in [9.17, 15) is 18.5 Å². The van der Waals surface area contributed by atoms with Crippen LogP contribution < -0.4 is 5.32 Å². The third-order valence-corrected chi connectivity index (χ3v) is 5.88. The van der Waals surface area contributed by atoms with Crippen LogP contribution in [0.15, 0.2) is 29.2 Å². The second kappa shape index (κ2) is 7.17. The van der Waals surface area contributed by atoms with Crippen LogP contribution in [0.5, 0.6) is 0 Å². The molecule has 0 bridgehead atoms. The van der Waals surface area contributed by atoms with E-state index in [1.54, 1.807) is 0 Å². The summed E-state index contributed by atoms with van der Waals surface area (Å²) in [6, 6.07) is 5.51. The van der Waals surface area contributed by atoms with Crippen molar-refractivity contribution in [2.24, 2.45) is 5.92 Å². The molecule has 8 heteroatoms. The number of nitrogens with one attached hydrogen (secondary N) is 1. The van der Waals surface area contributed by atoms with Gasteiger partial charge in [-0.25, -0.2) is 8.42 Å². The SMILES string of the molecule is CCNCC1CCN(S(=O)(=O)c2ccccc2[N+](=O)[O-])CC1. The largest absolute Gasteiger partial charge is 0.317 e. The number of para-hydroxylation sites is 1. The third-order valence-electron chi connectivity index (χ3n) is 3.94. The van der Waals surface area contributed by atoms with Gasteiger partial charge in [0.1, 0.15) is 0 Å². The fraction of sp³-hybridized carbons (Fsp3) is 0.571. The number of benzene rings is 1. The third kappa shape index (κ3) is 3.63. The molecule has 0 aliphatic carbocycles. The topological polar surface area (TPSA) is 92.6 Å². The summed E-state index contributed by atoms with van der Waals surface area (Å²) < 4.78 is 26.6. The molecule has 1 N–H and O–H groups in total. The van der Waals surface area contributed by atoms with E-state index in [2.05, 4.69) is 5.32 Å². The van der Waals surface area contributed by atoms with Crippen LogP contribution in [0.25, 0.3) is 0 Å². The van der Waals surface area contributed by atoms with E-state index in [0.717, 1.165) is 25.9 Å². The molecule has 1 aliphatic heterocycles. The number of sulfonamides is 1. The van der Waals surface area contributed by atoms with Crippen molar-refractivity contribution in [2.75, 3.05) is 26.2 Å². The number of nitro benzene ring substituents is 1. The molecule has 1 aromatic carbocycles. The van der Waals surface area contributed by atoms with Crippen molar-refractivity contribution in [1.29, 1.82) is 0 Å². The van der Waals surface area contributed by atoms with Gasteiger partial charge in [0.2, 0.25) is 10.0 Å². The first-order chi connectivity index (χ1) is 10.5. The average Bonchev–Trinajstić information content (AvgIpc) is 2.53. The zero-order chi connectivity index (χ0) is 16.2. The zero-order valence-electron chi connectivity index (χ0n) is 12.6. The lowest BCUT2D eigenvalue weighted by Crippen LogP contribution is -2.40. The van der Waals surface area contributed by atoms with Gasteiger partial charge in [0.15, 0.2) is 4.90 Å². The molecular formula is C14H21N3O4S. The Balaban J connectivity index is 2.14. The van der Waals surface area contributed by atoms with Crippen molar-refractivity contribution < 1.29 is 13.3 Å². The van der Waals surface area contributed by atoms with Crippen LogP contribution in [0.1, 0.15) is 19.8 Å². The summed E-state index contributed by atoms with van der Waals surface area (Å²) in [6.45, 7) is 4.63. The highest BCUT2D eigenvalue weighted by Gasteiger charge is 2.33. The standard InChI is InChI=1S/C14H21N3O4S/c1-2-15-11-12-7-9-16(10-8-12)22(20,21)14-6-4-3-5-13(14)17(18)19/h3-6,12,15H,2,7-11H2,1H3. The van der Waals surface area contributed by atoms with Gasteiger partial charge in [-0.15, -0.1) is 0 Å². The summed E-state index contributed by atoms with van der Waals surface area (Å²) in [5, 5.41) is 14.3. The van der Waals surface area contributed by atoms with Gasteiger partial charge in [-0.2, -0.15) is 4.31 Å². The maximum atomic E-state index is 12.6. The molecule has 1 heterocycles. The highest BCUT2D eigenvalue weighted by molar-refractivity contribution is 7.89. The molecule has 7 nitrogen and oxygen atoms in total. The number of hydrogen-bond acceptors (Lipinski definition) is 5. The normalized spacial score (nSPS) is 17.5. The Morgan fingerprint density at radius 2 is 1.95 bits per heavy atom. The van der Waals surface area contributed by atoms with Gasteiger partial charge in [-0.05, 0) is 37.9 Å². The van der Waals surface area contributed by atoms with Gasteiger partial charge >= 0.3 is 0 Å². The average molecular weight is 327 g/mol. The van der Waals surface area contributed by atoms with Crippen LogP contribution >= 0.6 is 0 Å². The Morgan fingerprint density at radius 3 is 2.55 bits per heavy atom. The minimum atomic E-state index is -3.81. The summed E-state index contributed by atoms with van der Waals surface area (Å²) in [5.74, 6) is 0.456. The van der Waals surface area contributed by atoms with Crippen molar-refractivity contribution in [3.63, 3.8) is 0 Å². The summed E-state index contributed by atoms with van der Waals surface area (Å²) in [6.07, 6.45) is 1.54. The van der Waals surface area contributed by atoms with Crippen LogP contribution in [-0.4, -0.2) is 43.8 Å². The highest BCUT2D eigenvalue weighted by atomic mass is 32.2. The van der Waals surface area contributed by atoms with Crippen LogP contribution in [0, 0.1) is 16.0 Å². The molecule has 1 aromatic rings. The lowest BCUT2D eigenvalue weighted by molar-refractivity contribution is -0.387. The second-order valence-electron chi connectivity index (χ2n) is 5.38. The molecule has 122 valence electrons. The van der Waals surface area contributed by atoms with E-state index in [-0.39, 0.29) is 10.6 Å². The van der Waals surface area contributed by atoms with Gasteiger partial charge in [-0.1, -0.05) is 19.1 Å². The van der Waals surface area contributed by atoms with Crippen LogP contribution in [0.4, 0.5) is 5.69 Å². The van der Waals surface area contributed by atoms with Crippen LogP contribution in [0.2, 0.25) is 0 Å². The fourth-order valence-corrected chi connectivity index (χ4v) is 4.29. The van der Waals surface area contributed by atoms with Crippen molar-refractivity contribution in [3.05, 3.63) is 34.4 Å². The smallest absolute Gasteiger partial charge is 0.289 e. The quantitative estimate of drug-likeness (QED) is 0.633. The summed E-state index contributed by atoms with van der Waals surface area (Å²) >= 11 is 0. The number of nitrogens with zero attached hydrogens (tertiary/aromatic N) is 2. The Bertz CT molecular complexity index is 625. The predicted molar refractivity (Wildman–Crippen MR) is 83.1 cm³/mol. The molecular weight excluding hydrogens is 306 g/mol. The lowest BCUT2D eigenvalue weighted by atomic mass is 9.98. The van der Waals surface area contributed by atoms with E-state index in [4.69, 9.17) is 0 Å². The molecule has 1 aliphatic rings. The second-order valence-corrected chi connectivity index (χ2v) is 7.29. The Labute approximate surface area is 130 Å². The van der Waals surface area contributed by atoms with Crippen LogP contribution in [0.3, 0.4) is 0 Å². The molecule has 0 spiro atoms. The zero-order valence-corrected chi connectivity index (χ0v) is 13.4. The molecule has 1 fully saturated rings. The lowest BCUT2D eigenvalue weighted by Gasteiger charge is -2.31. The number of nitro groups is 1. The molecule has 1 saturated heterocycles. The van der Waals surface area contributed by atoms with Gasteiger partial charge in [0.25, 0.3) is 5.69 Å². The van der Waals surface area contributed by atoms with Gasteiger partial charge in [-0.3, -0.25) is 10.1 Å². The van der Waals surface area contributed by atoms with Crippen LogP contribution in [-0.2, 0) is 10.0 Å². The van der Waals surface area contributed by atoms with Crippen molar-refractivity contribution in [1.82, 2.24) is 9.62 Å². The maximum absolute atomic E-state index is 12.6. The minimum Gasteiger partial charge on any atom is -0.317 e. The van der Waals surface area contributed by atoms with E-state index < -0.39 is 14.9 Å². The highest BCUT2D eigenvalue weighted by Crippen LogP contribution is 2.29. The Kier molecular flexibility index (Phi) is 5.49. The van der Waals surface area contributed by atoms with Gasteiger partial charge in [0, 0.05) is 19.2 Å². The summed E-state index contributed by atoms with van der Waals surface area (Å²) in [5.41, 5.74) is -0.364. The fourth-order valence-electron chi connectivity index (χ4n) is 2.67. The first-order valence-corrected chi connectivity index (χ1v) is 8.85. The van der Waals surface area contributed by atoms with E-state index in [1.165, 1.54) is 28.6 Å². The monoisotopic (exact) mass is 327 g/mol. The molecule has 0 radical (unpaired) electrons. The summed E-state index contributed by atoms with van der Waals surface area (Å²) in [4.78, 5) is 10.2. The first kappa shape index (κ1) is 16.9. The molecule has 0 atom stereocenters. The number of piperidine rings is 1. The Hall–Kier alpha value is -1.51. The molecule has 0 aromatic heterocycles. The molecule has 22 heavy (non-hydrogen) atoms. The minimum absolute atomic E-state index is 0.217. The maximum Gasteiger partial charge on any atom is 0.289 e. The molecule has 2 rings (SSSR count). The van der Waals surface area contributed by atoms with Gasteiger partial charge < -0.3 is 5.32 Å². The number of hydrogen-bond donors (Lipinski definition) is 1. The van der Waals surface area contributed by atoms with Crippen molar-refractivity contribution >= 4 is 15.7 Å². The summed E-state index contributed by atoms with van der Waals surface area (Å²) in [7, 11) is -3.81. The Morgan fingerprint density at radius 1 is 1.32 bits per heavy atom. The van der Waals surface area contributed by atoms with Crippen molar-refractivity contribution in [3.8, 4) is 0 Å². The first-order valence-electron chi connectivity index (χ1n) is 7.41. The van der Waals surface area contributed by atoms with E-state index in [1.807, 2.05) is 6.92 Å². The molecule has 0 unspecified atom stereocenters. The molecule has 0 saturated carbocycles. The predicted octanol–water partition coefficient (Wildman–Crippen LogP) is 1.60. The van der Waals surface area contributed by atoms with E-state index in [0.29, 0.717) is 19.0 Å². The van der Waals surface area contributed by atoms with Crippen molar-refractivity contribution in [2.45, 2.75) is 24.7 Å². The molecule has 0 amide bonds.